The Hall–Kier alpha value is -4.12. The monoisotopic (exact) mass is 469 g/mol. The highest BCUT2D eigenvalue weighted by Crippen LogP contribution is 2.42. The molecular weight excluding hydrogens is 446 g/mol. The van der Waals surface area contributed by atoms with Crippen molar-refractivity contribution in [1.82, 2.24) is 4.90 Å². The number of rotatable bonds is 9. The number of Topliss-reactive ketones (excluding diaryl/α,β-unsaturated/α-hetero) is 1. The average Bonchev–Trinajstić information content (AvgIpc) is 3.06. The Kier molecular flexibility index (Phi) is 7.37. The number of likely N-dealkylation sites (tertiary alicyclic amines) is 1. The minimum atomic E-state index is -1.21. The second-order valence-electron chi connectivity index (χ2n) is 7.89. The zero-order chi connectivity index (χ0) is 25.0. The number of non-ortho nitro benzene ring substituents is 1. The molecular formula is C23H23N3O8. The lowest BCUT2D eigenvalue weighted by molar-refractivity contribution is -0.385. The number of nitrogens with zero attached hydrogens (tertiary/aromatic N) is 3. The zero-order valence-corrected chi connectivity index (χ0v) is 18.5. The molecule has 0 saturated carbocycles. The van der Waals surface area contributed by atoms with Gasteiger partial charge in [0.2, 0.25) is 0 Å². The number of para-hydroxylation sites is 1. The molecule has 34 heavy (non-hydrogen) atoms. The van der Waals surface area contributed by atoms with Crippen molar-refractivity contribution in [3.8, 4) is 0 Å². The fraction of sp³-hybridized carbons (Fsp3) is 0.304. The van der Waals surface area contributed by atoms with E-state index in [2.05, 4.69) is 0 Å². The Morgan fingerprint density at radius 1 is 1.06 bits per heavy atom. The first kappa shape index (κ1) is 24.5. The van der Waals surface area contributed by atoms with Crippen molar-refractivity contribution in [1.29, 1.82) is 0 Å². The highest BCUT2D eigenvalue weighted by atomic mass is 16.6. The molecule has 0 aliphatic carbocycles. The van der Waals surface area contributed by atoms with Crippen LogP contribution < -0.4 is 0 Å². The fourth-order valence-corrected chi connectivity index (χ4v) is 3.77. The second kappa shape index (κ2) is 10.2. The molecule has 178 valence electrons. The van der Waals surface area contributed by atoms with Crippen molar-refractivity contribution >= 4 is 28.8 Å². The molecule has 11 heteroatoms. The SMILES string of the molecule is CC(C)OCCCN1C(=O)C(=O)C(=C(O)c2ccc([N+](=O)[O-])cc2)[C@@H]1c1ccccc1[N+](=O)[O-]. The summed E-state index contributed by atoms with van der Waals surface area (Å²) < 4.78 is 5.49. The molecule has 1 atom stereocenters. The first-order chi connectivity index (χ1) is 16.1. The summed E-state index contributed by atoms with van der Waals surface area (Å²) in [5, 5.41) is 33.6. The molecule has 0 spiro atoms. The van der Waals surface area contributed by atoms with Crippen LogP contribution in [0.1, 0.15) is 37.4 Å². The van der Waals surface area contributed by atoms with Crippen LogP contribution in [0.4, 0.5) is 11.4 Å². The predicted octanol–water partition coefficient (Wildman–Crippen LogP) is 3.74. The van der Waals surface area contributed by atoms with E-state index in [-0.39, 0.29) is 40.7 Å². The highest BCUT2D eigenvalue weighted by Gasteiger charge is 2.47. The molecule has 3 rings (SSSR count). The number of carbonyl (C=O) groups is 2. The number of ketones is 1. The van der Waals surface area contributed by atoms with E-state index in [9.17, 15) is 34.9 Å². The van der Waals surface area contributed by atoms with Crippen molar-refractivity contribution in [2.45, 2.75) is 32.4 Å². The summed E-state index contributed by atoms with van der Waals surface area (Å²) in [4.78, 5) is 48.5. The molecule has 0 aromatic heterocycles. The standard InChI is InChI=1S/C23H23N3O8/c1-14(2)34-13-5-12-24-20(17-6-3-4-7-18(17)26(32)33)19(22(28)23(24)29)21(27)15-8-10-16(11-9-15)25(30)31/h3-4,6-11,14,20,27H,5,12-13H2,1-2H3/t20-/m0/s1. The van der Waals surface area contributed by atoms with Crippen LogP contribution in [-0.4, -0.2) is 50.8 Å². The van der Waals surface area contributed by atoms with E-state index in [1.165, 1.54) is 41.3 Å². The number of hydrogen-bond acceptors (Lipinski definition) is 8. The maximum absolute atomic E-state index is 13.0. The predicted molar refractivity (Wildman–Crippen MR) is 121 cm³/mol. The summed E-state index contributed by atoms with van der Waals surface area (Å²) >= 11 is 0. The third-order valence-corrected chi connectivity index (χ3v) is 5.31. The number of amides is 1. The van der Waals surface area contributed by atoms with Gasteiger partial charge in [0.15, 0.2) is 0 Å². The lowest BCUT2D eigenvalue weighted by Gasteiger charge is -2.25. The van der Waals surface area contributed by atoms with Gasteiger partial charge in [0.25, 0.3) is 23.1 Å². The molecule has 1 aliphatic heterocycles. The van der Waals surface area contributed by atoms with E-state index in [1.807, 2.05) is 13.8 Å². The van der Waals surface area contributed by atoms with Gasteiger partial charge in [0, 0.05) is 36.9 Å². The Bertz CT molecular complexity index is 1160. The van der Waals surface area contributed by atoms with Crippen LogP contribution in [-0.2, 0) is 14.3 Å². The van der Waals surface area contributed by atoms with Gasteiger partial charge in [0.05, 0.1) is 33.1 Å². The van der Waals surface area contributed by atoms with Crippen LogP contribution in [0.3, 0.4) is 0 Å². The number of nitro groups is 2. The van der Waals surface area contributed by atoms with Gasteiger partial charge in [-0.15, -0.1) is 0 Å². The smallest absolute Gasteiger partial charge is 0.295 e. The molecule has 1 amide bonds. The molecule has 0 bridgehead atoms. The second-order valence-corrected chi connectivity index (χ2v) is 7.89. The molecule has 0 radical (unpaired) electrons. The molecule has 1 fully saturated rings. The van der Waals surface area contributed by atoms with Gasteiger partial charge in [-0.05, 0) is 38.5 Å². The fourth-order valence-electron chi connectivity index (χ4n) is 3.77. The van der Waals surface area contributed by atoms with Crippen LogP contribution in [0.2, 0.25) is 0 Å². The molecule has 1 aliphatic rings. The first-order valence-corrected chi connectivity index (χ1v) is 10.5. The molecule has 11 nitrogen and oxygen atoms in total. The third-order valence-electron chi connectivity index (χ3n) is 5.31. The Balaban J connectivity index is 2.12. The number of aliphatic hydroxyl groups excluding tert-OH is 1. The minimum absolute atomic E-state index is 0.0384. The topological polar surface area (TPSA) is 153 Å². The normalized spacial score (nSPS) is 17.4. The van der Waals surface area contributed by atoms with Gasteiger partial charge in [-0.1, -0.05) is 12.1 Å². The van der Waals surface area contributed by atoms with Crippen LogP contribution in [0.5, 0.6) is 0 Å². The summed E-state index contributed by atoms with van der Waals surface area (Å²) in [6.45, 7) is 4.06. The summed E-state index contributed by atoms with van der Waals surface area (Å²) in [5.74, 6) is -2.47. The van der Waals surface area contributed by atoms with Crippen LogP contribution in [0.15, 0.2) is 54.1 Å². The Morgan fingerprint density at radius 3 is 2.29 bits per heavy atom. The van der Waals surface area contributed by atoms with E-state index < -0.39 is 33.3 Å². The van der Waals surface area contributed by atoms with Gasteiger partial charge in [0.1, 0.15) is 5.76 Å². The van der Waals surface area contributed by atoms with Gasteiger partial charge < -0.3 is 14.7 Å². The largest absolute Gasteiger partial charge is 0.507 e. The lowest BCUT2D eigenvalue weighted by atomic mass is 9.94. The van der Waals surface area contributed by atoms with Gasteiger partial charge in [-0.2, -0.15) is 0 Å². The number of hydrogen-bond donors (Lipinski definition) is 1. The average molecular weight is 469 g/mol. The molecule has 2 aromatic rings. The number of nitro benzene ring substituents is 2. The number of carbonyl (C=O) groups excluding carboxylic acids is 2. The van der Waals surface area contributed by atoms with E-state index in [4.69, 9.17) is 4.74 Å². The van der Waals surface area contributed by atoms with Gasteiger partial charge in [-0.25, -0.2) is 0 Å². The summed E-state index contributed by atoms with van der Waals surface area (Å²) in [7, 11) is 0. The minimum Gasteiger partial charge on any atom is -0.507 e. The number of aliphatic hydroxyl groups is 1. The molecule has 0 unspecified atom stereocenters. The third kappa shape index (κ3) is 4.94. The van der Waals surface area contributed by atoms with E-state index in [0.29, 0.717) is 13.0 Å². The van der Waals surface area contributed by atoms with Crippen molar-refractivity contribution in [3.63, 3.8) is 0 Å². The molecule has 2 aromatic carbocycles. The van der Waals surface area contributed by atoms with Crippen molar-refractivity contribution in [2.24, 2.45) is 0 Å². The van der Waals surface area contributed by atoms with E-state index in [1.54, 1.807) is 0 Å². The first-order valence-electron chi connectivity index (χ1n) is 10.5. The quantitative estimate of drug-likeness (QED) is 0.145. The number of ether oxygens (including phenoxy) is 1. The van der Waals surface area contributed by atoms with Crippen LogP contribution in [0, 0.1) is 20.2 Å². The maximum Gasteiger partial charge on any atom is 0.295 e. The Morgan fingerprint density at radius 2 is 1.71 bits per heavy atom. The zero-order valence-electron chi connectivity index (χ0n) is 18.5. The summed E-state index contributed by atoms with van der Waals surface area (Å²) in [5.41, 5.74) is -0.724. The van der Waals surface area contributed by atoms with Crippen LogP contribution in [0.25, 0.3) is 5.76 Å². The van der Waals surface area contributed by atoms with Gasteiger partial charge >= 0.3 is 0 Å². The summed E-state index contributed by atoms with van der Waals surface area (Å²) in [6.07, 6.45) is 0.323. The van der Waals surface area contributed by atoms with Crippen molar-refractivity contribution < 1.29 is 29.3 Å². The maximum atomic E-state index is 13.0. The molecule has 1 heterocycles. The van der Waals surface area contributed by atoms with Crippen LogP contribution >= 0.6 is 0 Å². The molecule has 1 N–H and O–H groups in total. The highest BCUT2D eigenvalue weighted by molar-refractivity contribution is 6.46. The molecule has 1 saturated heterocycles. The number of benzene rings is 2. The van der Waals surface area contributed by atoms with Crippen molar-refractivity contribution in [3.05, 3.63) is 85.5 Å². The summed E-state index contributed by atoms with van der Waals surface area (Å²) in [6, 6.07) is 9.25. The lowest BCUT2D eigenvalue weighted by Crippen LogP contribution is -2.31. The Labute approximate surface area is 194 Å². The van der Waals surface area contributed by atoms with E-state index in [0.717, 1.165) is 12.1 Å². The van der Waals surface area contributed by atoms with Gasteiger partial charge in [-0.3, -0.25) is 29.8 Å². The van der Waals surface area contributed by atoms with E-state index >= 15 is 0 Å². The van der Waals surface area contributed by atoms with Crippen molar-refractivity contribution in [2.75, 3.05) is 13.2 Å².